The van der Waals surface area contributed by atoms with Crippen LogP contribution in [0.25, 0.3) is 0 Å². The quantitative estimate of drug-likeness (QED) is 0.687. The second kappa shape index (κ2) is 8.50. The topological polar surface area (TPSA) is 79.6 Å². The predicted molar refractivity (Wildman–Crippen MR) is 98.9 cm³/mol. The van der Waals surface area contributed by atoms with Crippen LogP contribution >= 0.6 is 0 Å². The second-order valence-corrected chi connectivity index (χ2v) is 7.80. The largest absolute Gasteiger partial charge is 0.394 e. The van der Waals surface area contributed by atoms with Crippen molar-refractivity contribution < 1.29 is 14.6 Å². The monoisotopic (exact) mass is 364 g/mol. The number of likely N-dealkylation sites (tertiary alicyclic amines) is 1. The Bertz CT molecular complexity index is 595. The van der Waals surface area contributed by atoms with Gasteiger partial charge in [0.05, 0.1) is 19.8 Å². The average molecular weight is 364 g/mol. The fraction of sp³-hybridized carbons (Fsp3) is 0.789. The number of nitrogens with one attached hydrogen (secondary N) is 1. The number of piperidine rings is 1. The van der Waals surface area contributed by atoms with E-state index in [1.165, 1.54) is 12.8 Å². The molecular formula is C19H32N4O3. The van der Waals surface area contributed by atoms with Crippen molar-refractivity contribution in [1.29, 1.82) is 0 Å². The van der Waals surface area contributed by atoms with Crippen molar-refractivity contribution in [3.8, 4) is 0 Å². The predicted octanol–water partition coefficient (Wildman–Crippen LogP) is 1.13. The summed E-state index contributed by atoms with van der Waals surface area (Å²) in [5, 5.41) is 17.0. The molecular weight excluding hydrogens is 332 g/mol. The lowest BCUT2D eigenvalue weighted by Crippen LogP contribution is -2.49. The number of aliphatic hydroxyl groups excluding tert-OH is 1. The van der Waals surface area contributed by atoms with Gasteiger partial charge in [0, 0.05) is 44.4 Å². The lowest BCUT2D eigenvalue weighted by atomic mass is 9.78. The molecule has 1 aliphatic heterocycles. The molecule has 2 atom stereocenters. The normalized spacial score (nSPS) is 24.7. The SMILES string of the molecule is CCC1CC1NCC1(COC)CCN(C(=O)c2ccn(CCO)n2)CC1. The van der Waals surface area contributed by atoms with Crippen LogP contribution in [0.2, 0.25) is 0 Å². The van der Waals surface area contributed by atoms with Crippen LogP contribution in [0.3, 0.4) is 0 Å². The molecule has 2 N–H and O–H groups in total. The van der Waals surface area contributed by atoms with E-state index < -0.39 is 0 Å². The minimum Gasteiger partial charge on any atom is -0.394 e. The first kappa shape index (κ1) is 19.3. The molecule has 0 radical (unpaired) electrons. The van der Waals surface area contributed by atoms with Gasteiger partial charge in [0.2, 0.25) is 0 Å². The number of carbonyl (C=O) groups is 1. The van der Waals surface area contributed by atoms with E-state index in [-0.39, 0.29) is 17.9 Å². The third-order valence-electron chi connectivity index (χ3n) is 5.94. The summed E-state index contributed by atoms with van der Waals surface area (Å²) < 4.78 is 7.13. The number of aromatic nitrogens is 2. The van der Waals surface area contributed by atoms with Crippen LogP contribution in [-0.2, 0) is 11.3 Å². The molecule has 146 valence electrons. The van der Waals surface area contributed by atoms with Gasteiger partial charge in [-0.15, -0.1) is 0 Å². The molecule has 0 aromatic carbocycles. The van der Waals surface area contributed by atoms with E-state index in [4.69, 9.17) is 9.84 Å². The summed E-state index contributed by atoms with van der Waals surface area (Å²) in [6.45, 7) is 5.85. The zero-order chi connectivity index (χ0) is 18.6. The fourth-order valence-electron chi connectivity index (χ4n) is 4.02. The van der Waals surface area contributed by atoms with E-state index in [0.717, 1.165) is 45.0 Å². The Kier molecular flexibility index (Phi) is 6.32. The maximum Gasteiger partial charge on any atom is 0.274 e. The smallest absolute Gasteiger partial charge is 0.274 e. The molecule has 0 spiro atoms. The third-order valence-corrected chi connectivity index (χ3v) is 5.94. The van der Waals surface area contributed by atoms with Crippen molar-refractivity contribution in [3.63, 3.8) is 0 Å². The van der Waals surface area contributed by atoms with Gasteiger partial charge in [0.25, 0.3) is 5.91 Å². The Balaban J connectivity index is 1.53. The number of hydrogen-bond acceptors (Lipinski definition) is 5. The Labute approximate surface area is 155 Å². The van der Waals surface area contributed by atoms with Crippen molar-refractivity contribution in [2.75, 3.05) is 40.0 Å². The lowest BCUT2D eigenvalue weighted by Gasteiger charge is -2.41. The first-order valence-electron chi connectivity index (χ1n) is 9.77. The van der Waals surface area contributed by atoms with Gasteiger partial charge in [-0.25, -0.2) is 0 Å². The molecule has 1 aromatic heterocycles. The molecule has 3 rings (SSSR count). The summed E-state index contributed by atoms with van der Waals surface area (Å²) in [6, 6.07) is 2.40. The highest BCUT2D eigenvalue weighted by Gasteiger charge is 2.40. The van der Waals surface area contributed by atoms with E-state index in [0.29, 0.717) is 18.3 Å². The van der Waals surface area contributed by atoms with E-state index in [9.17, 15) is 4.79 Å². The molecule has 1 amide bonds. The average Bonchev–Trinajstić information content (AvgIpc) is 3.27. The van der Waals surface area contributed by atoms with Gasteiger partial charge < -0.3 is 20.1 Å². The number of nitrogens with zero attached hydrogens (tertiary/aromatic N) is 3. The highest BCUT2D eigenvalue weighted by Crippen LogP contribution is 2.36. The van der Waals surface area contributed by atoms with Crippen LogP contribution < -0.4 is 5.32 Å². The Morgan fingerprint density at radius 1 is 1.46 bits per heavy atom. The summed E-state index contributed by atoms with van der Waals surface area (Å²) in [5.41, 5.74) is 0.572. The Hall–Kier alpha value is -1.44. The Morgan fingerprint density at radius 2 is 2.23 bits per heavy atom. The number of amides is 1. The molecule has 2 unspecified atom stereocenters. The van der Waals surface area contributed by atoms with Gasteiger partial charge in [0.15, 0.2) is 0 Å². The van der Waals surface area contributed by atoms with Crippen LogP contribution in [0, 0.1) is 11.3 Å². The number of methoxy groups -OCH3 is 1. The molecule has 1 aromatic rings. The van der Waals surface area contributed by atoms with Gasteiger partial charge in [-0.2, -0.15) is 5.10 Å². The van der Waals surface area contributed by atoms with Crippen LogP contribution in [0.5, 0.6) is 0 Å². The molecule has 7 nitrogen and oxygen atoms in total. The number of rotatable bonds is 9. The Morgan fingerprint density at radius 3 is 2.85 bits per heavy atom. The molecule has 2 aliphatic rings. The molecule has 1 aliphatic carbocycles. The maximum absolute atomic E-state index is 12.7. The molecule has 2 heterocycles. The van der Waals surface area contributed by atoms with Crippen LogP contribution in [0.15, 0.2) is 12.3 Å². The molecule has 1 saturated carbocycles. The van der Waals surface area contributed by atoms with Crippen LogP contribution in [0.1, 0.15) is 43.1 Å². The van der Waals surface area contributed by atoms with Gasteiger partial charge in [0.1, 0.15) is 5.69 Å². The number of ether oxygens (including phenoxy) is 1. The molecule has 0 bridgehead atoms. The van der Waals surface area contributed by atoms with Gasteiger partial charge in [-0.05, 0) is 31.2 Å². The molecule has 2 fully saturated rings. The van der Waals surface area contributed by atoms with E-state index >= 15 is 0 Å². The molecule has 7 heteroatoms. The minimum absolute atomic E-state index is 0.0193. The number of hydrogen-bond donors (Lipinski definition) is 2. The second-order valence-electron chi connectivity index (χ2n) is 7.80. The van der Waals surface area contributed by atoms with E-state index in [1.807, 2.05) is 4.90 Å². The number of aliphatic hydroxyl groups is 1. The van der Waals surface area contributed by atoms with Crippen molar-refractivity contribution in [2.24, 2.45) is 11.3 Å². The fourth-order valence-corrected chi connectivity index (χ4v) is 4.02. The first-order chi connectivity index (χ1) is 12.6. The zero-order valence-electron chi connectivity index (χ0n) is 16.0. The third kappa shape index (κ3) is 4.45. The summed E-state index contributed by atoms with van der Waals surface area (Å²) >= 11 is 0. The molecule has 1 saturated heterocycles. The summed E-state index contributed by atoms with van der Waals surface area (Å²) in [5.74, 6) is 0.819. The number of carbonyl (C=O) groups excluding carboxylic acids is 1. The standard InChI is InChI=1S/C19H32N4O3/c1-3-15-12-17(15)20-13-19(14-26-2)5-8-22(9-6-19)18(25)16-4-7-23(21-16)10-11-24/h4,7,15,17,20,24H,3,5-6,8-14H2,1-2H3. The van der Waals surface area contributed by atoms with Crippen molar-refractivity contribution in [1.82, 2.24) is 20.0 Å². The van der Waals surface area contributed by atoms with Gasteiger partial charge in [-0.3, -0.25) is 9.48 Å². The summed E-state index contributed by atoms with van der Waals surface area (Å²) in [4.78, 5) is 14.6. The zero-order valence-corrected chi connectivity index (χ0v) is 16.0. The summed E-state index contributed by atoms with van der Waals surface area (Å²) in [6.07, 6.45) is 6.17. The van der Waals surface area contributed by atoms with Gasteiger partial charge >= 0.3 is 0 Å². The van der Waals surface area contributed by atoms with Crippen LogP contribution in [0.4, 0.5) is 0 Å². The lowest BCUT2D eigenvalue weighted by molar-refractivity contribution is 0.0198. The molecule has 26 heavy (non-hydrogen) atoms. The van der Waals surface area contributed by atoms with Crippen LogP contribution in [-0.4, -0.2) is 71.7 Å². The summed E-state index contributed by atoms with van der Waals surface area (Å²) in [7, 11) is 1.76. The van der Waals surface area contributed by atoms with Crippen molar-refractivity contribution >= 4 is 5.91 Å². The van der Waals surface area contributed by atoms with Gasteiger partial charge in [-0.1, -0.05) is 13.3 Å². The maximum atomic E-state index is 12.7. The highest BCUT2D eigenvalue weighted by atomic mass is 16.5. The van der Waals surface area contributed by atoms with E-state index in [1.54, 1.807) is 24.1 Å². The van der Waals surface area contributed by atoms with Crippen molar-refractivity contribution in [2.45, 2.75) is 45.2 Å². The van der Waals surface area contributed by atoms with Crippen molar-refractivity contribution in [3.05, 3.63) is 18.0 Å². The highest BCUT2D eigenvalue weighted by molar-refractivity contribution is 5.92. The first-order valence-corrected chi connectivity index (χ1v) is 9.77. The van der Waals surface area contributed by atoms with E-state index in [2.05, 4.69) is 17.3 Å². The minimum atomic E-state index is -0.0195.